The normalized spacial score (nSPS) is 13.3. The predicted octanol–water partition coefficient (Wildman–Crippen LogP) is 3.79. The number of fused-ring (bicyclic) bond motifs is 2. The van der Waals surface area contributed by atoms with Crippen LogP contribution in [0.4, 0.5) is 0 Å². The van der Waals surface area contributed by atoms with Crippen LogP contribution in [0.5, 0.6) is 0 Å². The number of aryl methyl sites for hydroxylation is 1. The van der Waals surface area contributed by atoms with Gasteiger partial charge in [0.1, 0.15) is 5.65 Å². The molecule has 1 N–H and O–H groups in total. The molecule has 0 spiro atoms. The highest BCUT2D eigenvalue weighted by Crippen LogP contribution is 2.39. The Morgan fingerprint density at radius 3 is 2.82 bits per heavy atom. The van der Waals surface area contributed by atoms with E-state index in [-0.39, 0.29) is 31.3 Å². The number of esters is 1. The fourth-order valence-electron chi connectivity index (χ4n) is 4.61. The van der Waals surface area contributed by atoms with Crippen LogP contribution in [0.1, 0.15) is 58.2 Å². The Kier molecular flexibility index (Phi) is 6.32. The number of carbonyl (C=O) groups excluding carboxylic acids is 2. The molecule has 1 saturated carbocycles. The van der Waals surface area contributed by atoms with Crippen LogP contribution in [-0.2, 0) is 29.0 Å². The van der Waals surface area contributed by atoms with Crippen LogP contribution in [0, 0.1) is 0 Å². The van der Waals surface area contributed by atoms with E-state index in [1.165, 1.54) is 25.5 Å². The number of aromatic nitrogens is 6. The number of nitrogens with one attached hydrogen (secondary N) is 1. The molecule has 0 saturated heterocycles. The van der Waals surface area contributed by atoms with Crippen molar-refractivity contribution in [2.24, 2.45) is 0 Å². The maximum absolute atomic E-state index is 13.2. The Labute approximate surface area is 223 Å². The Morgan fingerprint density at radius 2 is 2.00 bits per heavy atom. The largest absolute Gasteiger partial charge is 0.469 e. The smallest absolute Gasteiger partial charge is 0.305 e. The minimum Gasteiger partial charge on any atom is -0.469 e. The molecule has 5 aromatic rings. The molecule has 0 aromatic carbocycles. The molecule has 10 nitrogen and oxygen atoms in total. The summed E-state index contributed by atoms with van der Waals surface area (Å²) in [6.45, 7) is 0.607. The average Bonchev–Trinajstić information content (AvgIpc) is 3.39. The van der Waals surface area contributed by atoms with E-state index in [2.05, 4.69) is 27.7 Å². The van der Waals surface area contributed by atoms with Gasteiger partial charge in [-0.05, 0) is 42.5 Å². The molecule has 194 valence electrons. The number of hydrogen-bond donors (Lipinski definition) is 1. The van der Waals surface area contributed by atoms with Crippen molar-refractivity contribution in [3.8, 4) is 0 Å². The maximum Gasteiger partial charge on any atom is 0.305 e. The number of nitrogens with zero attached hydrogens (tertiary/aromatic N) is 6. The molecule has 0 atom stereocenters. The number of carbonyl (C=O) groups is 2. The van der Waals surface area contributed by atoms with E-state index in [1.54, 1.807) is 29.3 Å². The number of amides is 1. The van der Waals surface area contributed by atoms with Gasteiger partial charge in [-0.2, -0.15) is 5.10 Å². The van der Waals surface area contributed by atoms with Crippen molar-refractivity contribution in [2.45, 2.75) is 44.7 Å². The van der Waals surface area contributed by atoms with Crippen LogP contribution in [0.2, 0.25) is 5.02 Å². The van der Waals surface area contributed by atoms with E-state index < -0.39 is 0 Å². The molecule has 0 unspecified atom stereocenters. The van der Waals surface area contributed by atoms with Crippen molar-refractivity contribution in [3.05, 3.63) is 88.6 Å². The summed E-state index contributed by atoms with van der Waals surface area (Å²) in [7, 11) is 1.34. The van der Waals surface area contributed by atoms with Gasteiger partial charge in [0.05, 0.1) is 61.1 Å². The molecule has 1 aliphatic carbocycles. The van der Waals surface area contributed by atoms with Crippen LogP contribution in [0.3, 0.4) is 0 Å². The first-order valence-electron chi connectivity index (χ1n) is 12.5. The summed E-state index contributed by atoms with van der Waals surface area (Å²) in [5.74, 6) is -0.00518. The number of hydrogen-bond acceptors (Lipinski definition) is 6. The van der Waals surface area contributed by atoms with Crippen molar-refractivity contribution in [1.29, 1.82) is 0 Å². The first kappa shape index (κ1) is 24.2. The van der Waals surface area contributed by atoms with Gasteiger partial charge in [-0.1, -0.05) is 17.7 Å². The van der Waals surface area contributed by atoms with E-state index in [0.29, 0.717) is 34.4 Å². The van der Waals surface area contributed by atoms with Crippen LogP contribution in [0.15, 0.2) is 55.4 Å². The molecular weight excluding hydrogens is 506 g/mol. The minimum absolute atomic E-state index is 0.121. The number of halogens is 1. The Bertz CT molecular complexity index is 1660. The standard InChI is InChI=1S/C27H26ClN7O3/c1-38-26(36)7-5-22-21(27(37)29-11-23-24-10-19(28)8-9-33(24)16-30-23)15-35(32-22)14-20-13-34-12-18(17-2-3-17)4-6-25(34)31-20/h4,6,8-10,12-13,15-17H,2-3,5,7,11,14H2,1H3,(H,29,37). The van der Waals surface area contributed by atoms with E-state index >= 15 is 0 Å². The van der Waals surface area contributed by atoms with Gasteiger partial charge in [0, 0.05) is 36.2 Å². The molecule has 0 bridgehead atoms. The lowest BCUT2D eigenvalue weighted by Crippen LogP contribution is -2.24. The zero-order valence-electron chi connectivity index (χ0n) is 20.8. The predicted molar refractivity (Wildman–Crippen MR) is 140 cm³/mol. The summed E-state index contributed by atoms with van der Waals surface area (Å²) in [5.41, 5.74) is 5.45. The van der Waals surface area contributed by atoms with Crippen molar-refractivity contribution in [2.75, 3.05) is 7.11 Å². The molecule has 0 aliphatic heterocycles. The zero-order valence-corrected chi connectivity index (χ0v) is 21.6. The Hall–Kier alpha value is -4.18. The molecule has 1 amide bonds. The summed E-state index contributed by atoms with van der Waals surface area (Å²) in [6.07, 6.45) is 12.2. The van der Waals surface area contributed by atoms with Crippen LogP contribution in [0.25, 0.3) is 11.2 Å². The molecule has 1 aliphatic rings. The fraction of sp³-hybridized carbons (Fsp3) is 0.296. The average molecular weight is 532 g/mol. The van der Waals surface area contributed by atoms with Gasteiger partial charge in [-0.3, -0.25) is 14.3 Å². The van der Waals surface area contributed by atoms with Gasteiger partial charge in [0.2, 0.25) is 0 Å². The molecule has 1 fully saturated rings. The number of rotatable bonds is 9. The van der Waals surface area contributed by atoms with E-state index in [4.69, 9.17) is 21.3 Å². The Morgan fingerprint density at radius 1 is 1.13 bits per heavy atom. The Balaban J connectivity index is 1.22. The molecule has 38 heavy (non-hydrogen) atoms. The lowest BCUT2D eigenvalue weighted by atomic mass is 10.1. The third-order valence-electron chi connectivity index (χ3n) is 6.77. The van der Waals surface area contributed by atoms with Crippen molar-refractivity contribution in [3.63, 3.8) is 0 Å². The lowest BCUT2D eigenvalue weighted by molar-refractivity contribution is -0.140. The van der Waals surface area contributed by atoms with Crippen molar-refractivity contribution in [1.82, 2.24) is 33.9 Å². The van der Waals surface area contributed by atoms with E-state index in [9.17, 15) is 9.59 Å². The first-order valence-corrected chi connectivity index (χ1v) is 12.8. The molecule has 11 heteroatoms. The lowest BCUT2D eigenvalue weighted by Gasteiger charge is -2.05. The topological polar surface area (TPSA) is 108 Å². The summed E-state index contributed by atoms with van der Waals surface area (Å²) in [4.78, 5) is 34.1. The first-order chi connectivity index (χ1) is 18.5. The SMILES string of the molecule is COC(=O)CCc1nn(Cc2cn3cc(C4CC4)ccc3n2)cc1C(=O)NCc1ncn2ccc(Cl)cc12. The molecule has 5 aromatic heterocycles. The second-order valence-electron chi connectivity index (χ2n) is 9.51. The van der Waals surface area contributed by atoms with Gasteiger partial charge in [-0.25, -0.2) is 9.97 Å². The fourth-order valence-corrected chi connectivity index (χ4v) is 4.77. The van der Waals surface area contributed by atoms with Crippen LogP contribution >= 0.6 is 11.6 Å². The molecule has 0 radical (unpaired) electrons. The van der Waals surface area contributed by atoms with Gasteiger partial charge in [-0.15, -0.1) is 0 Å². The molecular formula is C27H26ClN7O3. The van der Waals surface area contributed by atoms with Gasteiger partial charge in [0.25, 0.3) is 5.91 Å². The molecule has 5 heterocycles. The highest BCUT2D eigenvalue weighted by molar-refractivity contribution is 6.30. The zero-order chi connectivity index (χ0) is 26.2. The van der Waals surface area contributed by atoms with Gasteiger partial charge < -0.3 is 18.9 Å². The van der Waals surface area contributed by atoms with Crippen molar-refractivity contribution >= 4 is 34.6 Å². The van der Waals surface area contributed by atoms with E-state index in [1.807, 2.05) is 27.3 Å². The van der Waals surface area contributed by atoms with E-state index in [0.717, 1.165) is 16.9 Å². The molecule has 6 rings (SSSR count). The van der Waals surface area contributed by atoms with Crippen LogP contribution in [-0.4, -0.2) is 47.5 Å². The highest BCUT2D eigenvalue weighted by Gasteiger charge is 2.24. The number of imidazole rings is 2. The number of methoxy groups -OCH3 is 1. The van der Waals surface area contributed by atoms with Gasteiger partial charge >= 0.3 is 5.97 Å². The second kappa shape index (κ2) is 9.94. The summed E-state index contributed by atoms with van der Waals surface area (Å²) < 4.78 is 10.4. The van der Waals surface area contributed by atoms with Gasteiger partial charge in [0.15, 0.2) is 0 Å². The number of ether oxygens (including phenoxy) is 1. The number of pyridine rings is 2. The summed E-state index contributed by atoms with van der Waals surface area (Å²) in [5, 5.41) is 8.15. The summed E-state index contributed by atoms with van der Waals surface area (Å²) >= 11 is 6.13. The highest BCUT2D eigenvalue weighted by atomic mass is 35.5. The minimum atomic E-state index is -0.362. The quantitative estimate of drug-likeness (QED) is 0.290. The second-order valence-corrected chi connectivity index (χ2v) is 9.95. The van der Waals surface area contributed by atoms with Crippen LogP contribution < -0.4 is 5.32 Å². The maximum atomic E-state index is 13.2. The monoisotopic (exact) mass is 531 g/mol. The van der Waals surface area contributed by atoms with Crippen molar-refractivity contribution < 1.29 is 14.3 Å². The third-order valence-corrected chi connectivity index (χ3v) is 7.01. The summed E-state index contributed by atoms with van der Waals surface area (Å²) in [6, 6.07) is 7.75. The third kappa shape index (κ3) is 4.99.